The molecule has 1 N–H and O–H groups in total. The van der Waals surface area contributed by atoms with Crippen LogP contribution in [0.5, 0.6) is 11.5 Å². The Kier molecular flexibility index (Phi) is 7.00. The molecule has 7 nitrogen and oxygen atoms in total. The number of nitrogens with zero attached hydrogens (tertiary/aromatic N) is 2. The van der Waals surface area contributed by atoms with E-state index in [2.05, 4.69) is 5.32 Å². The van der Waals surface area contributed by atoms with Gasteiger partial charge in [0, 0.05) is 22.5 Å². The topological polar surface area (TPSA) is 80.8 Å². The molecule has 0 saturated carbocycles. The number of rotatable bonds is 6. The van der Waals surface area contributed by atoms with E-state index in [9.17, 15) is 9.59 Å². The Balaban J connectivity index is 1.33. The molecule has 3 heterocycles. The van der Waals surface area contributed by atoms with Crippen molar-refractivity contribution in [3.8, 4) is 22.1 Å². The fourth-order valence-electron chi connectivity index (χ4n) is 4.57. The van der Waals surface area contributed by atoms with Gasteiger partial charge in [0.15, 0.2) is 0 Å². The number of amides is 2. The van der Waals surface area contributed by atoms with Crippen molar-refractivity contribution in [3.63, 3.8) is 0 Å². The van der Waals surface area contributed by atoms with Crippen molar-refractivity contribution < 1.29 is 19.1 Å². The summed E-state index contributed by atoms with van der Waals surface area (Å²) in [4.78, 5) is 33.5. The van der Waals surface area contributed by atoms with E-state index in [0.717, 1.165) is 36.2 Å². The van der Waals surface area contributed by atoms with Gasteiger partial charge in [-0.1, -0.05) is 36.4 Å². The predicted octanol–water partition coefficient (Wildman–Crippen LogP) is 7.58. The van der Waals surface area contributed by atoms with Crippen LogP contribution in [0.4, 0.5) is 9.80 Å². The molecule has 0 fully saturated rings. The third-order valence-electron chi connectivity index (χ3n) is 6.39. The van der Waals surface area contributed by atoms with Crippen LogP contribution in [-0.2, 0) is 17.7 Å². The van der Waals surface area contributed by atoms with Crippen molar-refractivity contribution in [1.29, 1.82) is 0 Å². The molecule has 6 rings (SSSR count). The molecule has 0 bridgehead atoms. The lowest BCUT2D eigenvalue weighted by atomic mass is 10.0. The molecule has 3 aromatic carbocycles. The molecule has 2 amide bonds. The summed E-state index contributed by atoms with van der Waals surface area (Å²) in [6, 6.07) is 24.6. The molecule has 0 saturated heterocycles. The zero-order chi connectivity index (χ0) is 26.8. The zero-order valence-corrected chi connectivity index (χ0v) is 22.8. The van der Waals surface area contributed by atoms with Gasteiger partial charge in [0.05, 0.1) is 23.4 Å². The van der Waals surface area contributed by atoms with Crippen molar-refractivity contribution in [2.24, 2.45) is 0 Å². The number of carbonyl (C=O) groups excluding carboxylic acids is 2. The summed E-state index contributed by atoms with van der Waals surface area (Å²) in [6.45, 7) is 3.12. The Morgan fingerprint density at radius 2 is 1.77 bits per heavy atom. The lowest BCUT2D eigenvalue weighted by Crippen LogP contribution is -2.35. The number of para-hydroxylation sites is 2. The minimum Gasteiger partial charge on any atom is -0.457 e. The van der Waals surface area contributed by atoms with Crippen LogP contribution in [0.25, 0.3) is 20.8 Å². The van der Waals surface area contributed by atoms with E-state index in [1.807, 2.05) is 60.7 Å². The minimum absolute atomic E-state index is 0.239. The Morgan fingerprint density at radius 3 is 2.59 bits per heavy atom. The summed E-state index contributed by atoms with van der Waals surface area (Å²) in [7, 11) is 0. The molecule has 1 aliphatic heterocycles. The average Bonchev–Trinajstić information content (AvgIpc) is 3.54. The first-order valence-corrected chi connectivity index (χ1v) is 14.3. The largest absolute Gasteiger partial charge is 0.457 e. The van der Waals surface area contributed by atoms with E-state index < -0.39 is 0 Å². The second kappa shape index (κ2) is 10.9. The van der Waals surface area contributed by atoms with E-state index in [-0.39, 0.29) is 12.0 Å². The summed E-state index contributed by atoms with van der Waals surface area (Å²) in [5.41, 5.74) is 3.46. The molecule has 0 spiro atoms. The normalized spacial score (nSPS) is 12.7. The molecule has 2 aromatic heterocycles. The number of thiophene rings is 1. The number of anilines is 1. The number of thiazole rings is 1. The minimum atomic E-state index is -0.320. The van der Waals surface area contributed by atoms with E-state index in [4.69, 9.17) is 14.5 Å². The quantitative estimate of drug-likeness (QED) is 0.234. The third kappa shape index (κ3) is 5.23. The number of aromatic nitrogens is 1. The molecular weight excluding hydrogens is 530 g/mol. The number of fused-ring (bicyclic) bond motifs is 2. The Labute approximate surface area is 233 Å². The molecule has 0 radical (unpaired) electrons. The van der Waals surface area contributed by atoms with Gasteiger partial charge in [-0.3, -0.25) is 4.79 Å². The average molecular weight is 556 g/mol. The van der Waals surface area contributed by atoms with E-state index in [1.54, 1.807) is 41.4 Å². The van der Waals surface area contributed by atoms with Crippen LogP contribution >= 0.6 is 22.7 Å². The maximum atomic E-state index is 13.5. The smallest absolute Gasteiger partial charge is 0.410 e. The van der Waals surface area contributed by atoms with Crippen LogP contribution in [0.1, 0.15) is 27.7 Å². The highest BCUT2D eigenvalue weighted by atomic mass is 32.1. The van der Waals surface area contributed by atoms with Gasteiger partial charge in [-0.2, -0.15) is 0 Å². The van der Waals surface area contributed by atoms with Crippen molar-refractivity contribution in [1.82, 2.24) is 9.88 Å². The lowest BCUT2D eigenvalue weighted by molar-refractivity contribution is 0.102. The van der Waals surface area contributed by atoms with Gasteiger partial charge in [0.1, 0.15) is 21.5 Å². The van der Waals surface area contributed by atoms with Crippen molar-refractivity contribution in [2.45, 2.75) is 19.9 Å². The molecular formula is C30H25N3O4S2. The maximum absolute atomic E-state index is 13.5. The molecule has 5 aromatic rings. The zero-order valence-electron chi connectivity index (χ0n) is 21.2. The molecule has 0 aliphatic carbocycles. The van der Waals surface area contributed by atoms with Crippen LogP contribution in [0.2, 0.25) is 0 Å². The van der Waals surface area contributed by atoms with Gasteiger partial charge in [-0.15, -0.1) is 22.7 Å². The van der Waals surface area contributed by atoms with Crippen LogP contribution < -0.4 is 10.1 Å². The summed E-state index contributed by atoms with van der Waals surface area (Å²) < 4.78 is 12.2. The van der Waals surface area contributed by atoms with Crippen molar-refractivity contribution in [2.75, 3.05) is 18.5 Å². The molecule has 0 unspecified atom stereocenters. The number of carbonyl (C=O) groups is 2. The van der Waals surface area contributed by atoms with Crippen LogP contribution in [0.15, 0.2) is 78.9 Å². The highest BCUT2D eigenvalue weighted by molar-refractivity contribution is 7.23. The van der Waals surface area contributed by atoms with Gasteiger partial charge in [-0.25, -0.2) is 9.78 Å². The van der Waals surface area contributed by atoms with Gasteiger partial charge in [0.25, 0.3) is 5.91 Å². The second-order valence-electron chi connectivity index (χ2n) is 8.96. The number of nitrogens with one attached hydrogen (secondary N) is 1. The third-order valence-corrected chi connectivity index (χ3v) is 8.58. The fraction of sp³-hybridized carbons (Fsp3) is 0.167. The summed E-state index contributed by atoms with van der Waals surface area (Å²) >= 11 is 3.09. The first kappa shape index (κ1) is 25.1. The van der Waals surface area contributed by atoms with Crippen molar-refractivity contribution in [3.05, 3.63) is 94.9 Å². The molecule has 0 atom stereocenters. The van der Waals surface area contributed by atoms with Gasteiger partial charge in [0.2, 0.25) is 0 Å². The van der Waals surface area contributed by atoms with Crippen LogP contribution in [0.3, 0.4) is 0 Å². The van der Waals surface area contributed by atoms with Crippen LogP contribution in [-0.4, -0.2) is 35.0 Å². The predicted molar refractivity (Wildman–Crippen MR) is 155 cm³/mol. The molecule has 1 aliphatic rings. The highest BCUT2D eigenvalue weighted by Crippen LogP contribution is 2.46. The number of ether oxygens (including phenoxy) is 2. The van der Waals surface area contributed by atoms with Crippen molar-refractivity contribution >= 4 is 49.9 Å². The molecule has 196 valence electrons. The number of hydrogen-bond acceptors (Lipinski definition) is 7. The Bertz CT molecular complexity index is 1630. The van der Waals surface area contributed by atoms with Gasteiger partial charge in [-0.05, 0) is 61.4 Å². The first-order chi connectivity index (χ1) is 19.1. The fourth-order valence-corrected chi connectivity index (χ4v) is 6.94. The number of benzene rings is 3. The monoisotopic (exact) mass is 555 g/mol. The maximum Gasteiger partial charge on any atom is 0.410 e. The standard InChI is InChI=1S/C30H25N3O4S2/c1-2-36-30(35)33-16-15-22-25(18-33)39-29(26(22)28-31-23-13-6-7-14-24(23)38-28)32-27(34)19-9-8-12-21(17-19)37-20-10-4-3-5-11-20/h3-14,17H,2,15-16,18H2,1H3,(H,32,34). The summed E-state index contributed by atoms with van der Waals surface area (Å²) in [5, 5.41) is 4.73. The van der Waals surface area contributed by atoms with E-state index in [0.29, 0.717) is 43.2 Å². The highest BCUT2D eigenvalue weighted by Gasteiger charge is 2.30. The second-order valence-corrected chi connectivity index (χ2v) is 11.1. The van der Waals surface area contributed by atoms with Gasteiger partial charge >= 0.3 is 6.09 Å². The summed E-state index contributed by atoms with van der Waals surface area (Å²) in [5.74, 6) is 1.04. The Hall–Kier alpha value is -4.21. The molecule has 39 heavy (non-hydrogen) atoms. The first-order valence-electron chi connectivity index (χ1n) is 12.7. The van der Waals surface area contributed by atoms with E-state index >= 15 is 0 Å². The summed E-state index contributed by atoms with van der Waals surface area (Å²) in [6.07, 6.45) is 0.338. The molecule has 9 heteroatoms. The van der Waals surface area contributed by atoms with Crippen LogP contribution in [0, 0.1) is 0 Å². The number of hydrogen-bond donors (Lipinski definition) is 1. The van der Waals surface area contributed by atoms with Gasteiger partial charge < -0.3 is 19.7 Å². The SMILES string of the molecule is CCOC(=O)N1CCc2c(sc(NC(=O)c3cccc(Oc4ccccc4)c3)c2-c2nc3ccccc3s2)C1. The Morgan fingerprint density at radius 1 is 0.974 bits per heavy atom. The lowest BCUT2D eigenvalue weighted by Gasteiger charge is -2.26. The van der Waals surface area contributed by atoms with E-state index in [1.165, 1.54) is 11.3 Å².